The minimum atomic E-state index is -4.88. The highest BCUT2D eigenvalue weighted by Gasteiger charge is 2.56. The number of nitrogens with one attached hydrogen (secondary N) is 2. The van der Waals surface area contributed by atoms with Crippen LogP contribution in [0.3, 0.4) is 0 Å². The van der Waals surface area contributed by atoms with Crippen LogP contribution in [0.4, 0.5) is 42.5 Å². The smallest absolute Gasteiger partial charge is 0.417 e. The molecule has 2 aliphatic rings. The van der Waals surface area contributed by atoms with Crippen LogP contribution < -0.4 is 20.3 Å². The highest BCUT2D eigenvalue weighted by atomic mass is 32.1. The molecule has 12 nitrogen and oxygen atoms in total. The fourth-order valence-electron chi connectivity index (χ4n) is 7.04. The Morgan fingerprint density at radius 3 is 2.45 bits per heavy atom. The average molecular weight is 813 g/mol. The zero-order valence-electron chi connectivity index (χ0n) is 30.6. The van der Waals surface area contributed by atoms with Gasteiger partial charge in [0.2, 0.25) is 5.60 Å². The van der Waals surface area contributed by atoms with Crippen molar-refractivity contribution in [2.45, 2.75) is 69.9 Å². The maximum Gasteiger partial charge on any atom is 0.417 e. The molecule has 0 radical (unpaired) electrons. The number of rotatable bonds is 13. The molecule has 1 aromatic carbocycles. The average Bonchev–Trinajstić information content (AvgIpc) is 3.65. The first-order chi connectivity index (χ1) is 26.7. The number of hydrogen-bond donors (Lipinski definition) is 2. The maximum atomic E-state index is 14.9. The number of anilines is 2. The van der Waals surface area contributed by atoms with E-state index in [1.807, 2.05) is 4.90 Å². The minimum Gasteiger partial charge on any atom is -0.474 e. The number of piperidine rings is 1. The molecular weight excluding hydrogens is 770 g/mol. The zero-order chi connectivity index (χ0) is 40.6. The number of thiophene rings is 1. The summed E-state index contributed by atoms with van der Waals surface area (Å²) in [5.41, 5.74) is -2.73. The normalized spacial score (nSPS) is 19.4. The quantitative estimate of drug-likeness (QED) is 0.144. The molecule has 3 aromatic rings. The Bertz CT molecular complexity index is 1860. The summed E-state index contributed by atoms with van der Waals surface area (Å²) in [4.78, 5) is 61.4. The first-order valence-corrected chi connectivity index (χ1v) is 18.9. The Morgan fingerprint density at radius 2 is 1.77 bits per heavy atom. The molecule has 0 aliphatic carbocycles. The second-order valence-corrected chi connectivity index (χ2v) is 14.1. The van der Waals surface area contributed by atoms with Crippen LogP contribution in [0.15, 0.2) is 54.2 Å². The van der Waals surface area contributed by atoms with Crippen molar-refractivity contribution < 1.29 is 55.0 Å². The van der Waals surface area contributed by atoms with Gasteiger partial charge in [0.15, 0.2) is 6.17 Å². The number of pyridine rings is 1. The van der Waals surface area contributed by atoms with Crippen LogP contribution in [0.5, 0.6) is 5.75 Å². The molecule has 56 heavy (non-hydrogen) atoms. The number of halogens is 6. The minimum absolute atomic E-state index is 0.00810. The summed E-state index contributed by atoms with van der Waals surface area (Å²) in [6, 6.07) is 6.93. The van der Waals surface area contributed by atoms with Gasteiger partial charge in [-0.3, -0.25) is 19.4 Å². The third-order valence-electron chi connectivity index (χ3n) is 9.55. The van der Waals surface area contributed by atoms with E-state index in [2.05, 4.69) is 15.6 Å². The van der Waals surface area contributed by atoms with Gasteiger partial charge in [0.25, 0.3) is 18.2 Å². The number of aromatic nitrogens is 1. The number of para-hydroxylation sites is 2. The summed E-state index contributed by atoms with van der Waals surface area (Å²) in [7, 11) is 0. The van der Waals surface area contributed by atoms with Crippen LogP contribution in [-0.4, -0.2) is 103 Å². The number of urea groups is 1. The van der Waals surface area contributed by atoms with E-state index in [0.29, 0.717) is 35.2 Å². The maximum absolute atomic E-state index is 14.9. The van der Waals surface area contributed by atoms with E-state index in [-0.39, 0.29) is 75.8 Å². The van der Waals surface area contributed by atoms with Crippen LogP contribution in [-0.2, 0) is 20.5 Å². The van der Waals surface area contributed by atoms with E-state index in [9.17, 15) is 45.5 Å². The first-order valence-electron chi connectivity index (χ1n) is 18.1. The van der Waals surface area contributed by atoms with Crippen LogP contribution in [0, 0.1) is 0 Å². The van der Waals surface area contributed by atoms with Crippen molar-refractivity contribution in [3.63, 3.8) is 0 Å². The van der Waals surface area contributed by atoms with Gasteiger partial charge in [0.05, 0.1) is 35.2 Å². The predicted octanol–water partition coefficient (Wildman–Crippen LogP) is 6.69. The third kappa shape index (κ3) is 9.47. The van der Waals surface area contributed by atoms with Gasteiger partial charge in [0.1, 0.15) is 12.3 Å². The molecule has 0 spiro atoms. The molecule has 2 aromatic heterocycles. The number of amides is 4. The van der Waals surface area contributed by atoms with Crippen molar-refractivity contribution in [2.75, 3.05) is 56.1 Å². The molecule has 1 unspecified atom stereocenters. The molecule has 2 N–H and O–H groups in total. The van der Waals surface area contributed by atoms with Crippen molar-refractivity contribution in [3.8, 4) is 5.75 Å². The Morgan fingerprint density at radius 1 is 1.04 bits per heavy atom. The van der Waals surface area contributed by atoms with Gasteiger partial charge in [-0.15, -0.1) is 11.3 Å². The van der Waals surface area contributed by atoms with Gasteiger partial charge in [-0.2, -0.15) is 13.2 Å². The summed E-state index contributed by atoms with van der Waals surface area (Å²) in [5, 5.41) is 6.44. The highest BCUT2D eigenvalue weighted by Crippen LogP contribution is 2.42. The Hall–Kier alpha value is -5.07. The Balaban J connectivity index is 1.43. The van der Waals surface area contributed by atoms with Gasteiger partial charge in [-0.1, -0.05) is 25.5 Å². The number of benzene rings is 1. The molecule has 0 saturated carbocycles. The van der Waals surface area contributed by atoms with Crippen molar-refractivity contribution in [1.29, 1.82) is 0 Å². The first kappa shape index (κ1) is 42.1. The van der Waals surface area contributed by atoms with Crippen molar-refractivity contribution in [3.05, 3.63) is 70.2 Å². The summed E-state index contributed by atoms with van der Waals surface area (Å²) in [6.45, 7) is 3.99. The summed E-state index contributed by atoms with van der Waals surface area (Å²) < 4.78 is 94.5. The highest BCUT2D eigenvalue weighted by molar-refractivity contribution is 7.10. The number of likely N-dealkylation sites (tertiary alicyclic amines) is 1. The lowest BCUT2D eigenvalue weighted by molar-refractivity contribution is -0.159. The predicted molar refractivity (Wildman–Crippen MR) is 195 cm³/mol. The lowest BCUT2D eigenvalue weighted by Gasteiger charge is -2.51. The van der Waals surface area contributed by atoms with Crippen molar-refractivity contribution in [1.82, 2.24) is 20.1 Å². The summed E-state index contributed by atoms with van der Waals surface area (Å²) in [5.74, 6) is -2.27. The van der Waals surface area contributed by atoms with E-state index in [4.69, 9.17) is 9.47 Å². The third-order valence-corrected chi connectivity index (χ3v) is 10.5. The van der Waals surface area contributed by atoms with Crippen LogP contribution >= 0.6 is 11.3 Å². The molecule has 5 rings (SSSR count). The lowest BCUT2D eigenvalue weighted by atomic mass is 9.79. The molecule has 4 heterocycles. The van der Waals surface area contributed by atoms with E-state index < -0.39 is 65.4 Å². The number of nitrogens with zero attached hydrogens (tertiary/aromatic N) is 4. The lowest BCUT2D eigenvalue weighted by Crippen LogP contribution is -2.69. The number of ether oxygens (including phenoxy) is 2. The van der Waals surface area contributed by atoms with Gasteiger partial charge < -0.3 is 34.8 Å². The van der Waals surface area contributed by atoms with E-state index in [1.165, 1.54) is 15.2 Å². The van der Waals surface area contributed by atoms with Crippen LogP contribution in [0.25, 0.3) is 0 Å². The fourth-order valence-corrected chi connectivity index (χ4v) is 7.83. The second kappa shape index (κ2) is 18.3. The van der Waals surface area contributed by atoms with Gasteiger partial charge in [-0.25, -0.2) is 18.0 Å². The second-order valence-electron chi connectivity index (χ2n) is 13.1. The van der Waals surface area contributed by atoms with Gasteiger partial charge in [-0.05, 0) is 44.0 Å². The van der Waals surface area contributed by atoms with Gasteiger partial charge >= 0.3 is 18.2 Å². The summed E-state index contributed by atoms with van der Waals surface area (Å²) in [6.07, 6.45) is -8.39. The van der Waals surface area contributed by atoms with Crippen molar-refractivity contribution >= 4 is 46.5 Å². The molecule has 3 atom stereocenters. The molecule has 2 fully saturated rings. The summed E-state index contributed by atoms with van der Waals surface area (Å²) >= 11 is 0.671. The number of carbonyl (C=O) groups is 4. The van der Waals surface area contributed by atoms with Crippen LogP contribution in [0.2, 0.25) is 0 Å². The topological polar surface area (TPSA) is 133 Å². The largest absolute Gasteiger partial charge is 0.474 e. The Labute approximate surface area is 323 Å². The van der Waals surface area contributed by atoms with E-state index in [0.717, 1.165) is 18.5 Å². The van der Waals surface area contributed by atoms with Crippen molar-refractivity contribution in [2.24, 2.45) is 0 Å². The number of carbonyl (C=O) groups excluding carboxylic acids is 4. The van der Waals surface area contributed by atoms with E-state index in [1.54, 1.807) is 38.1 Å². The molecule has 0 bridgehead atoms. The number of piperazine rings is 1. The fraction of sp³-hybridized carbons (Fsp3) is 0.486. The monoisotopic (exact) mass is 812 g/mol. The van der Waals surface area contributed by atoms with Gasteiger partial charge in [0, 0.05) is 61.8 Å². The van der Waals surface area contributed by atoms with E-state index >= 15 is 0 Å². The van der Waals surface area contributed by atoms with Crippen LogP contribution in [0.1, 0.15) is 66.5 Å². The molecule has 2 aliphatic heterocycles. The molecule has 19 heteroatoms. The molecule has 2 saturated heterocycles. The molecule has 4 amide bonds. The Kier molecular flexibility index (Phi) is 13.7. The number of esters is 1. The number of hydrogen-bond acceptors (Lipinski definition) is 9. The standard InChI is InChI=1S/C37H42F6N6O6S/c1-3-8-29-36(55-23-19-28(56-22-23)31(38)32(39)40,12-7-14-49(29)33(51)24-20-44-13-11-25(24)37(41,42)43)34(52)48-17-15-47(16-18-48)27-10-6-5-9-26(27)46-35(53)45-21-30(50)54-4-2/h5-6,9-11,13,19-20,22,29,31-32H,3-4,7-8,12,14-18,21H2,1-2H3,(H2,45,46,53)/t29-,31?,36+/m1/s1. The zero-order valence-corrected chi connectivity index (χ0v) is 31.4. The molecule has 304 valence electrons. The number of alkyl halides is 6. The molecular formula is C37H42F6N6O6S. The SMILES string of the molecule is CCC[C@H]1N(C(=O)c2cnccc2C(F)(F)F)CCC[C@@]1(Oc1csc(C(F)C(F)F)c1)C(=O)N1CCN(c2ccccc2NC(=O)NCC(=O)OCC)CC1.